The predicted molar refractivity (Wildman–Crippen MR) is 82.3 cm³/mol. The molecule has 1 saturated heterocycles. The van der Waals surface area contributed by atoms with Crippen LogP contribution in [0.3, 0.4) is 0 Å². The number of carbonyl (C=O) groups excluding carboxylic acids is 1. The lowest BCUT2D eigenvalue weighted by molar-refractivity contribution is -0.132. The van der Waals surface area contributed by atoms with E-state index < -0.39 is 6.04 Å². The molecule has 0 spiro atoms. The molecule has 1 aromatic rings. The number of benzene rings is 1. The Labute approximate surface area is 122 Å². The number of likely N-dealkylation sites (tertiary alicyclic amines) is 1. The Morgan fingerprint density at radius 3 is 2.65 bits per heavy atom. The topological polar surface area (TPSA) is 46.3 Å². The first-order chi connectivity index (χ1) is 9.48. The highest BCUT2D eigenvalue weighted by Crippen LogP contribution is 2.29. The highest BCUT2D eigenvalue weighted by Gasteiger charge is 2.27. The molecular weight excluding hydrogens is 248 g/mol. The Morgan fingerprint density at radius 2 is 1.95 bits per heavy atom. The van der Waals surface area contributed by atoms with Crippen molar-refractivity contribution in [1.82, 2.24) is 4.90 Å². The molecule has 1 fully saturated rings. The van der Waals surface area contributed by atoms with Gasteiger partial charge < -0.3 is 10.6 Å². The second kappa shape index (κ2) is 6.40. The van der Waals surface area contributed by atoms with Crippen molar-refractivity contribution in [2.24, 2.45) is 11.1 Å². The van der Waals surface area contributed by atoms with E-state index in [1.807, 2.05) is 35.2 Å². The molecule has 1 aliphatic heterocycles. The first kappa shape index (κ1) is 15.0. The summed E-state index contributed by atoms with van der Waals surface area (Å²) in [6, 6.07) is 9.59. The van der Waals surface area contributed by atoms with Gasteiger partial charge in [0.05, 0.1) is 6.04 Å². The van der Waals surface area contributed by atoms with Crippen molar-refractivity contribution in [1.29, 1.82) is 0 Å². The van der Waals surface area contributed by atoms with E-state index in [1.165, 1.54) is 6.42 Å². The van der Waals surface area contributed by atoms with Gasteiger partial charge in [-0.3, -0.25) is 4.79 Å². The lowest BCUT2D eigenvalue weighted by atomic mass is 9.85. The first-order valence-corrected chi connectivity index (χ1v) is 7.56. The summed E-state index contributed by atoms with van der Waals surface area (Å²) in [5.74, 6) is 0.103. The van der Waals surface area contributed by atoms with Crippen molar-refractivity contribution in [3.05, 3.63) is 35.9 Å². The van der Waals surface area contributed by atoms with Crippen LogP contribution >= 0.6 is 0 Å². The summed E-state index contributed by atoms with van der Waals surface area (Å²) in [6.07, 6.45) is 3.96. The van der Waals surface area contributed by atoms with E-state index >= 15 is 0 Å². The van der Waals surface area contributed by atoms with Gasteiger partial charge in [-0.2, -0.15) is 0 Å². The summed E-state index contributed by atoms with van der Waals surface area (Å²) >= 11 is 0. The van der Waals surface area contributed by atoms with E-state index in [1.54, 1.807) is 0 Å². The molecule has 1 amide bonds. The van der Waals surface area contributed by atoms with Crippen LogP contribution in [0.15, 0.2) is 30.3 Å². The largest absolute Gasteiger partial charge is 0.341 e. The van der Waals surface area contributed by atoms with Gasteiger partial charge >= 0.3 is 0 Å². The number of amides is 1. The third-order valence-electron chi connectivity index (χ3n) is 4.27. The molecule has 0 bridgehead atoms. The SMILES string of the molecule is CC1(C)CCCN(C(=O)[C@H](N)Cc2ccccc2)CC1. The molecular formula is C17H26N2O. The summed E-state index contributed by atoms with van der Waals surface area (Å²) in [7, 11) is 0. The Balaban J connectivity index is 1.93. The summed E-state index contributed by atoms with van der Waals surface area (Å²) < 4.78 is 0. The van der Waals surface area contributed by atoms with Crippen molar-refractivity contribution in [3.8, 4) is 0 Å². The molecule has 110 valence electrons. The zero-order chi connectivity index (χ0) is 14.6. The van der Waals surface area contributed by atoms with Crippen molar-refractivity contribution < 1.29 is 4.79 Å². The molecule has 1 aromatic carbocycles. The minimum atomic E-state index is -0.418. The number of nitrogens with zero attached hydrogens (tertiary/aromatic N) is 1. The fourth-order valence-electron chi connectivity index (χ4n) is 2.83. The molecule has 3 nitrogen and oxygen atoms in total. The molecule has 20 heavy (non-hydrogen) atoms. The minimum absolute atomic E-state index is 0.103. The fourth-order valence-corrected chi connectivity index (χ4v) is 2.83. The van der Waals surface area contributed by atoms with E-state index in [9.17, 15) is 4.79 Å². The monoisotopic (exact) mass is 274 g/mol. The lowest BCUT2D eigenvalue weighted by Crippen LogP contribution is -2.45. The van der Waals surface area contributed by atoms with Crippen molar-refractivity contribution in [2.45, 2.75) is 45.6 Å². The molecule has 0 aromatic heterocycles. The lowest BCUT2D eigenvalue weighted by Gasteiger charge is -2.25. The summed E-state index contributed by atoms with van der Waals surface area (Å²) in [6.45, 7) is 6.26. The average Bonchev–Trinajstić information content (AvgIpc) is 2.60. The van der Waals surface area contributed by atoms with Gasteiger partial charge in [0.2, 0.25) is 5.91 Å². The van der Waals surface area contributed by atoms with Crippen LogP contribution in [-0.4, -0.2) is 29.9 Å². The van der Waals surface area contributed by atoms with E-state index in [2.05, 4.69) is 13.8 Å². The Bertz CT molecular complexity index is 442. The predicted octanol–water partition coefficient (Wildman–Crippen LogP) is 2.60. The molecule has 0 radical (unpaired) electrons. The van der Waals surface area contributed by atoms with Gasteiger partial charge in [-0.25, -0.2) is 0 Å². The van der Waals surface area contributed by atoms with Crippen LogP contribution in [0.2, 0.25) is 0 Å². The van der Waals surface area contributed by atoms with Crippen LogP contribution < -0.4 is 5.73 Å². The molecule has 2 N–H and O–H groups in total. The maximum absolute atomic E-state index is 12.5. The van der Waals surface area contributed by atoms with Gasteiger partial charge in [0, 0.05) is 13.1 Å². The molecule has 1 aliphatic rings. The zero-order valence-electron chi connectivity index (χ0n) is 12.6. The quantitative estimate of drug-likeness (QED) is 0.921. The number of carbonyl (C=O) groups is 1. The number of nitrogens with two attached hydrogens (primary N) is 1. The number of rotatable bonds is 3. The second-order valence-corrected chi connectivity index (χ2v) is 6.64. The minimum Gasteiger partial charge on any atom is -0.341 e. The van der Waals surface area contributed by atoms with Gasteiger partial charge in [-0.1, -0.05) is 44.2 Å². The highest BCUT2D eigenvalue weighted by atomic mass is 16.2. The van der Waals surface area contributed by atoms with Crippen molar-refractivity contribution in [3.63, 3.8) is 0 Å². The number of hydrogen-bond donors (Lipinski definition) is 1. The third kappa shape index (κ3) is 4.07. The summed E-state index contributed by atoms with van der Waals surface area (Å²) in [5.41, 5.74) is 7.58. The summed E-state index contributed by atoms with van der Waals surface area (Å²) in [5, 5.41) is 0. The van der Waals surface area contributed by atoms with Crippen LogP contribution in [0.5, 0.6) is 0 Å². The van der Waals surface area contributed by atoms with E-state index in [-0.39, 0.29) is 5.91 Å². The molecule has 0 unspecified atom stereocenters. The van der Waals surface area contributed by atoms with Gasteiger partial charge in [-0.05, 0) is 36.7 Å². The molecule has 1 heterocycles. The van der Waals surface area contributed by atoms with E-state index in [0.29, 0.717) is 11.8 Å². The zero-order valence-corrected chi connectivity index (χ0v) is 12.6. The normalized spacial score (nSPS) is 20.2. The average molecular weight is 274 g/mol. The van der Waals surface area contributed by atoms with Crippen LogP contribution in [0.4, 0.5) is 0 Å². The van der Waals surface area contributed by atoms with Crippen LogP contribution in [0.25, 0.3) is 0 Å². The third-order valence-corrected chi connectivity index (χ3v) is 4.27. The fraction of sp³-hybridized carbons (Fsp3) is 0.588. The van der Waals surface area contributed by atoms with Gasteiger partial charge in [-0.15, -0.1) is 0 Å². The van der Waals surface area contributed by atoms with Gasteiger partial charge in [0.25, 0.3) is 0 Å². The van der Waals surface area contributed by atoms with E-state index in [0.717, 1.165) is 31.5 Å². The Kier molecular flexibility index (Phi) is 4.81. The molecule has 0 saturated carbocycles. The molecule has 2 rings (SSSR count). The van der Waals surface area contributed by atoms with Crippen molar-refractivity contribution >= 4 is 5.91 Å². The molecule has 3 heteroatoms. The molecule has 1 atom stereocenters. The second-order valence-electron chi connectivity index (χ2n) is 6.64. The Hall–Kier alpha value is -1.35. The number of hydrogen-bond acceptors (Lipinski definition) is 2. The smallest absolute Gasteiger partial charge is 0.239 e. The van der Waals surface area contributed by atoms with Crippen LogP contribution in [-0.2, 0) is 11.2 Å². The van der Waals surface area contributed by atoms with Gasteiger partial charge in [0.1, 0.15) is 0 Å². The van der Waals surface area contributed by atoms with E-state index in [4.69, 9.17) is 5.73 Å². The standard InChI is InChI=1S/C17H26N2O/c1-17(2)9-6-11-19(12-10-17)16(20)15(18)13-14-7-4-3-5-8-14/h3-5,7-8,15H,6,9-13,18H2,1-2H3/t15-/m1/s1. The maximum Gasteiger partial charge on any atom is 0.239 e. The maximum atomic E-state index is 12.5. The van der Waals surface area contributed by atoms with Gasteiger partial charge in [0.15, 0.2) is 0 Å². The summed E-state index contributed by atoms with van der Waals surface area (Å²) in [4.78, 5) is 14.4. The Morgan fingerprint density at radius 1 is 1.25 bits per heavy atom. The molecule has 0 aliphatic carbocycles. The highest BCUT2D eigenvalue weighted by molar-refractivity contribution is 5.82. The van der Waals surface area contributed by atoms with Crippen LogP contribution in [0, 0.1) is 5.41 Å². The van der Waals surface area contributed by atoms with Crippen molar-refractivity contribution in [2.75, 3.05) is 13.1 Å². The first-order valence-electron chi connectivity index (χ1n) is 7.56. The van der Waals surface area contributed by atoms with Crippen LogP contribution in [0.1, 0.15) is 38.7 Å².